The smallest absolute Gasteiger partial charge is 0.123 e. The molecule has 1 unspecified atom stereocenters. The van der Waals surface area contributed by atoms with Gasteiger partial charge in [-0.05, 0) is 56.2 Å². The summed E-state index contributed by atoms with van der Waals surface area (Å²) in [4.78, 5) is 2.64. The van der Waals surface area contributed by atoms with Crippen LogP contribution in [0.25, 0.3) is 0 Å². The van der Waals surface area contributed by atoms with Crippen LogP contribution in [-0.4, -0.2) is 6.04 Å². The van der Waals surface area contributed by atoms with Gasteiger partial charge in [-0.15, -0.1) is 11.3 Å². The molecule has 0 bridgehead atoms. The second kappa shape index (κ2) is 6.65. The molecule has 0 amide bonds. The summed E-state index contributed by atoms with van der Waals surface area (Å²) in [5.41, 5.74) is 1.24. The van der Waals surface area contributed by atoms with Crippen LogP contribution in [0.5, 0.6) is 0 Å². The van der Waals surface area contributed by atoms with Crippen LogP contribution in [0.3, 0.4) is 0 Å². The molecule has 1 N–H and O–H groups in total. The van der Waals surface area contributed by atoms with E-state index in [0.29, 0.717) is 17.7 Å². The zero-order valence-corrected chi connectivity index (χ0v) is 12.4. The van der Waals surface area contributed by atoms with Crippen LogP contribution in [0.4, 0.5) is 4.39 Å². The van der Waals surface area contributed by atoms with Crippen molar-refractivity contribution >= 4 is 11.3 Å². The van der Waals surface area contributed by atoms with Crippen molar-refractivity contribution in [2.75, 3.05) is 0 Å². The molecule has 1 heterocycles. The van der Waals surface area contributed by atoms with Crippen molar-refractivity contribution in [3.63, 3.8) is 0 Å². The third-order valence-electron chi connectivity index (χ3n) is 3.13. The zero-order valence-electron chi connectivity index (χ0n) is 11.6. The van der Waals surface area contributed by atoms with Crippen LogP contribution in [0.2, 0.25) is 0 Å². The van der Waals surface area contributed by atoms with Crippen LogP contribution < -0.4 is 5.32 Å². The Bertz CT molecular complexity index is 628. The molecule has 0 aliphatic rings. The van der Waals surface area contributed by atoms with Gasteiger partial charge in [-0.25, -0.2) is 4.39 Å². The highest BCUT2D eigenvalue weighted by Gasteiger charge is 2.08. The lowest BCUT2D eigenvalue weighted by atomic mass is 10.1. The van der Waals surface area contributed by atoms with E-state index >= 15 is 0 Å². The lowest BCUT2D eigenvalue weighted by molar-refractivity contribution is 0.545. The van der Waals surface area contributed by atoms with E-state index in [9.17, 15) is 4.39 Å². The minimum atomic E-state index is -0.303. The number of nitriles is 1. The number of aryl methyl sites for hydroxylation is 1. The minimum absolute atomic E-state index is 0.280. The van der Waals surface area contributed by atoms with E-state index in [4.69, 9.17) is 5.26 Å². The molecule has 2 rings (SSSR count). The predicted molar refractivity (Wildman–Crippen MR) is 80.2 cm³/mol. The van der Waals surface area contributed by atoms with Gasteiger partial charge < -0.3 is 5.32 Å². The maximum Gasteiger partial charge on any atom is 0.123 e. The van der Waals surface area contributed by atoms with Gasteiger partial charge in [-0.1, -0.05) is 0 Å². The Hall–Kier alpha value is -1.70. The molecule has 0 fully saturated rings. The second-order valence-electron chi connectivity index (χ2n) is 4.91. The first-order valence-corrected chi connectivity index (χ1v) is 7.37. The summed E-state index contributed by atoms with van der Waals surface area (Å²) in [7, 11) is 0. The van der Waals surface area contributed by atoms with Crippen molar-refractivity contribution < 1.29 is 4.39 Å². The average molecular weight is 288 g/mol. The van der Waals surface area contributed by atoms with Crippen LogP contribution >= 0.6 is 11.3 Å². The van der Waals surface area contributed by atoms with Gasteiger partial charge in [0, 0.05) is 22.3 Å². The fraction of sp³-hybridized carbons (Fsp3) is 0.312. The summed E-state index contributed by atoms with van der Waals surface area (Å²) in [6.07, 6.45) is 0.940. The number of nitrogens with one attached hydrogen (secondary N) is 1. The largest absolute Gasteiger partial charge is 0.310 e. The van der Waals surface area contributed by atoms with Crippen molar-refractivity contribution in [2.24, 2.45) is 0 Å². The fourth-order valence-corrected chi connectivity index (χ4v) is 3.09. The zero-order chi connectivity index (χ0) is 14.5. The van der Waals surface area contributed by atoms with Gasteiger partial charge in [-0.3, -0.25) is 0 Å². The van der Waals surface area contributed by atoms with E-state index in [2.05, 4.69) is 37.4 Å². The number of benzene rings is 1. The predicted octanol–water partition coefficient (Wildman–Crippen LogP) is 3.79. The van der Waals surface area contributed by atoms with Gasteiger partial charge in [-0.2, -0.15) is 5.26 Å². The molecule has 20 heavy (non-hydrogen) atoms. The molecule has 0 aliphatic carbocycles. The highest BCUT2D eigenvalue weighted by Crippen LogP contribution is 2.17. The first-order chi connectivity index (χ1) is 9.58. The molecule has 104 valence electrons. The molecule has 2 aromatic rings. The Morgan fingerprint density at radius 3 is 2.80 bits per heavy atom. The molecule has 0 aliphatic heterocycles. The minimum Gasteiger partial charge on any atom is -0.310 e. The van der Waals surface area contributed by atoms with Crippen molar-refractivity contribution in [3.05, 3.63) is 57.0 Å². The normalized spacial score (nSPS) is 12.1. The summed E-state index contributed by atoms with van der Waals surface area (Å²) in [5, 5.41) is 12.4. The topological polar surface area (TPSA) is 35.8 Å². The van der Waals surface area contributed by atoms with Gasteiger partial charge in [0.2, 0.25) is 0 Å². The number of nitrogens with zero attached hydrogens (tertiary/aromatic N) is 1. The molecule has 1 aromatic heterocycles. The Morgan fingerprint density at radius 1 is 1.35 bits per heavy atom. The molecule has 2 nitrogen and oxygen atoms in total. The van der Waals surface area contributed by atoms with Crippen LogP contribution in [0, 0.1) is 24.1 Å². The summed E-state index contributed by atoms with van der Waals surface area (Å²) < 4.78 is 13.2. The first-order valence-electron chi connectivity index (χ1n) is 6.55. The molecule has 0 spiro atoms. The average Bonchev–Trinajstić information content (AvgIpc) is 2.82. The van der Waals surface area contributed by atoms with E-state index in [-0.39, 0.29) is 11.9 Å². The first kappa shape index (κ1) is 14.7. The second-order valence-corrected chi connectivity index (χ2v) is 6.28. The standard InChI is InChI=1S/C16H17FN2S/c1-11(7-16-6-3-12(2)20-16)19-10-14-8-15(17)5-4-13(14)9-18/h3-6,8,11,19H,7,10H2,1-2H3. The number of hydrogen-bond acceptors (Lipinski definition) is 3. The molecule has 0 radical (unpaired) electrons. The number of halogens is 1. The molecule has 4 heteroatoms. The third-order valence-corrected chi connectivity index (χ3v) is 4.16. The van der Waals surface area contributed by atoms with Crippen LogP contribution in [0.15, 0.2) is 30.3 Å². The Kier molecular flexibility index (Phi) is 4.89. The Labute approximate surface area is 122 Å². The number of hydrogen-bond donors (Lipinski definition) is 1. The van der Waals surface area contributed by atoms with Crippen molar-refractivity contribution in [1.82, 2.24) is 5.32 Å². The van der Waals surface area contributed by atoms with Crippen LogP contribution in [-0.2, 0) is 13.0 Å². The van der Waals surface area contributed by atoms with Crippen molar-refractivity contribution in [2.45, 2.75) is 32.9 Å². The summed E-state index contributed by atoms with van der Waals surface area (Å²) in [5.74, 6) is -0.303. The van der Waals surface area contributed by atoms with Crippen molar-refractivity contribution in [1.29, 1.82) is 5.26 Å². The SMILES string of the molecule is Cc1ccc(CC(C)NCc2cc(F)ccc2C#N)s1. The maximum absolute atomic E-state index is 13.2. The highest BCUT2D eigenvalue weighted by atomic mass is 32.1. The maximum atomic E-state index is 13.2. The summed E-state index contributed by atoms with van der Waals surface area (Å²) in [6, 6.07) is 10.9. The summed E-state index contributed by atoms with van der Waals surface area (Å²) >= 11 is 1.80. The number of rotatable bonds is 5. The molecule has 0 saturated carbocycles. The van der Waals surface area contributed by atoms with Crippen molar-refractivity contribution in [3.8, 4) is 6.07 Å². The lowest BCUT2D eigenvalue weighted by Gasteiger charge is -2.13. The highest BCUT2D eigenvalue weighted by molar-refractivity contribution is 7.11. The van der Waals surface area contributed by atoms with Gasteiger partial charge in [0.15, 0.2) is 0 Å². The Balaban J connectivity index is 1.95. The van der Waals surface area contributed by atoms with Gasteiger partial charge >= 0.3 is 0 Å². The monoisotopic (exact) mass is 288 g/mol. The van der Waals surface area contributed by atoms with Crippen LogP contribution in [0.1, 0.15) is 27.8 Å². The van der Waals surface area contributed by atoms with Gasteiger partial charge in [0.05, 0.1) is 11.6 Å². The number of thiophene rings is 1. The van der Waals surface area contributed by atoms with E-state index in [1.54, 1.807) is 11.3 Å². The summed E-state index contributed by atoms with van der Waals surface area (Å²) in [6.45, 7) is 4.70. The fourth-order valence-electron chi connectivity index (χ4n) is 2.07. The quantitative estimate of drug-likeness (QED) is 0.908. The van der Waals surface area contributed by atoms with Gasteiger partial charge in [0.1, 0.15) is 5.82 Å². The van der Waals surface area contributed by atoms with E-state index < -0.39 is 0 Å². The molecule has 1 aromatic carbocycles. The van der Waals surface area contributed by atoms with E-state index in [1.165, 1.54) is 28.0 Å². The lowest BCUT2D eigenvalue weighted by Crippen LogP contribution is -2.27. The Morgan fingerprint density at radius 2 is 2.15 bits per heavy atom. The molecule has 1 atom stereocenters. The molecular weight excluding hydrogens is 271 g/mol. The van der Waals surface area contributed by atoms with Gasteiger partial charge in [0.25, 0.3) is 0 Å². The van der Waals surface area contributed by atoms with E-state index in [1.807, 2.05) is 0 Å². The third kappa shape index (κ3) is 3.89. The molecule has 0 saturated heterocycles. The van der Waals surface area contributed by atoms with E-state index in [0.717, 1.165) is 6.42 Å². The molecular formula is C16H17FN2S.